The van der Waals surface area contributed by atoms with E-state index < -0.39 is 0 Å². The minimum Gasteiger partial charge on any atom is -0.379 e. The van der Waals surface area contributed by atoms with Crippen molar-refractivity contribution in [2.24, 2.45) is 16.8 Å². The van der Waals surface area contributed by atoms with Gasteiger partial charge < -0.3 is 20.3 Å². The summed E-state index contributed by atoms with van der Waals surface area (Å²) >= 11 is 1.83. The van der Waals surface area contributed by atoms with Crippen LogP contribution in [0.25, 0.3) is 0 Å². The topological polar surface area (TPSA) is 52.1 Å². The Morgan fingerprint density at radius 2 is 2.06 bits per heavy atom. The average Bonchev–Trinajstić information content (AvgIpc) is 3.27. The molecule has 0 amide bonds. The maximum Gasteiger partial charge on any atom is 0.191 e. The normalized spacial score (nSPS) is 22.2. The quantitative estimate of drug-likeness (QED) is 0.273. The number of ether oxygens (including phenoxy) is 1. The van der Waals surface area contributed by atoms with Gasteiger partial charge in [-0.3, -0.25) is 9.89 Å². The molecule has 1 aromatic heterocycles. The number of morpholine rings is 1. The monoisotopic (exact) mass is 563 g/mol. The van der Waals surface area contributed by atoms with Crippen LogP contribution < -0.4 is 10.6 Å². The van der Waals surface area contributed by atoms with Gasteiger partial charge in [-0.15, -0.1) is 35.3 Å². The number of hydrogen-bond acceptors (Lipinski definition) is 5. The molecule has 1 aromatic rings. The molecule has 2 fully saturated rings. The number of guanidine groups is 1. The molecule has 8 heteroatoms. The maximum atomic E-state index is 5.57. The van der Waals surface area contributed by atoms with Crippen LogP contribution in [-0.2, 0) is 4.74 Å². The fourth-order valence-electron chi connectivity index (χ4n) is 4.52. The SMILES string of the molecule is CCNC(=NCC(c1cccs1)N1CCOCC1)NCC1CCCN(CC(C)C)C1.I. The minimum atomic E-state index is 0. The van der Waals surface area contributed by atoms with E-state index in [1.54, 1.807) is 0 Å². The van der Waals surface area contributed by atoms with E-state index in [4.69, 9.17) is 9.73 Å². The van der Waals surface area contributed by atoms with Crippen LogP contribution in [0.4, 0.5) is 0 Å². The van der Waals surface area contributed by atoms with E-state index in [0.29, 0.717) is 12.0 Å². The zero-order valence-electron chi connectivity index (χ0n) is 19.5. The molecule has 31 heavy (non-hydrogen) atoms. The first-order chi connectivity index (χ1) is 14.7. The molecular weight excluding hydrogens is 521 g/mol. The molecule has 0 saturated carbocycles. The summed E-state index contributed by atoms with van der Waals surface area (Å²) in [5, 5.41) is 9.26. The van der Waals surface area contributed by atoms with Gasteiger partial charge in [-0.05, 0) is 49.6 Å². The fourth-order valence-corrected chi connectivity index (χ4v) is 5.37. The van der Waals surface area contributed by atoms with Gasteiger partial charge in [0.25, 0.3) is 0 Å². The summed E-state index contributed by atoms with van der Waals surface area (Å²) in [7, 11) is 0. The molecular formula is C23H42IN5OS. The van der Waals surface area contributed by atoms with Gasteiger partial charge >= 0.3 is 0 Å². The molecule has 2 aliphatic heterocycles. The highest BCUT2D eigenvalue weighted by molar-refractivity contribution is 14.0. The van der Waals surface area contributed by atoms with Crippen LogP contribution >= 0.6 is 35.3 Å². The standard InChI is InChI=1S/C23H41N5OS.HI/c1-4-24-23(25-15-20-7-5-9-27(18-20)17-19(2)3)26-16-21(22-8-6-14-30-22)28-10-12-29-13-11-28;/h6,8,14,19-21H,4-5,7,9-13,15-18H2,1-3H3,(H2,24,25,26);1H. The molecule has 2 saturated heterocycles. The van der Waals surface area contributed by atoms with Gasteiger partial charge in [0, 0.05) is 44.1 Å². The number of hydrogen-bond donors (Lipinski definition) is 2. The number of aliphatic imine (C=N–C) groups is 1. The summed E-state index contributed by atoms with van der Waals surface area (Å²) in [5.41, 5.74) is 0. The Bertz CT molecular complexity index is 621. The minimum absolute atomic E-state index is 0. The smallest absolute Gasteiger partial charge is 0.191 e. The molecule has 2 atom stereocenters. The second-order valence-corrected chi connectivity index (χ2v) is 9.92. The molecule has 178 valence electrons. The Balaban J connectivity index is 0.00000341. The van der Waals surface area contributed by atoms with Crippen LogP contribution in [0, 0.1) is 11.8 Å². The van der Waals surface area contributed by atoms with Crippen molar-refractivity contribution >= 4 is 41.3 Å². The number of piperidine rings is 1. The number of thiophene rings is 1. The Kier molecular flexibility index (Phi) is 12.7. The van der Waals surface area contributed by atoms with Crippen molar-refractivity contribution in [3.63, 3.8) is 0 Å². The third kappa shape index (κ3) is 9.15. The van der Waals surface area contributed by atoms with E-state index in [2.05, 4.69) is 58.7 Å². The number of nitrogens with one attached hydrogen (secondary N) is 2. The molecule has 0 radical (unpaired) electrons. The lowest BCUT2D eigenvalue weighted by Crippen LogP contribution is -2.45. The van der Waals surface area contributed by atoms with Crippen LogP contribution in [0.5, 0.6) is 0 Å². The third-order valence-electron chi connectivity index (χ3n) is 5.91. The maximum absolute atomic E-state index is 5.57. The van der Waals surface area contributed by atoms with Crippen LogP contribution in [0.15, 0.2) is 22.5 Å². The molecule has 6 nitrogen and oxygen atoms in total. The van der Waals surface area contributed by atoms with E-state index >= 15 is 0 Å². The van der Waals surface area contributed by atoms with E-state index in [0.717, 1.165) is 57.8 Å². The summed E-state index contributed by atoms with van der Waals surface area (Å²) < 4.78 is 5.57. The van der Waals surface area contributed by atoms with Crippen LogP contribution in [-0.4, -0.2) is 81.3 Å². The van der Waals surface area contributed by atoms with Crippen molar-refractivity contribution in [2.75, 3.05) is 65.6 Å². The molecule has 2 aliphatic rings. The Labute approximate surface area is 210 Å². The van der Waals surface area contributed by atoms with Gasteiger partial charge in [0.1, 0.15) is 0 Å². The average molecular weight is 564 g/mol. The van der Waals surface area contributed by atoms with Crippen molar-refractivity contribution in [3.05, 3.63) is 22.4 Å². The van der Waals surface area contributed by atoms with Crippen LogP contribution in [0.1, 0.15) is 44.5 Å². The highest BCUT2D eigenvalue weighted by atomic mass is 127. The second-order valence-electron chi connectivity index (χ2n) is 8.94. The Hall–Kier alpha value is -0.420. The number of halogens is 1. The van der Waals surface area contributed by atoms with Crippen molar-refractivity contribution in [3.8, 4) is 0 Å². The zero-order valence-corrected chi connectivity index (χ0v) is 22.7. The van der Waals surface area contributed by atoms with Crippen molar-refractivity contribution in [1.29, 1.82) is 0 Å². The van der Waals surface area contributed by atoms with Crippen molar-refractivity contribution < 1.29 is 4.74 Å². The summed E-state index contributed by atoms with van der Waals surface area (Å²) in [4.78, 5) is 11.6. The molecule has 0 aromatic carbocycles. The van der Waals surface area contributed by atoms with Gasteiger partial charge in [-0.25, -0.2) is 0 Å². The molecule has 0 aliphatic carbocycles. The summed E-state index contributed by atoms with van der Waals surface area (Å²) in [6.07, 6.45) is 2.62. The predicted octanol–water partition coefficient (Wildman–Crippen LogP) is 3.66. The van der Waals surface area contributed by atoms with Gasteiger partial charge in [0.15, 0.2) is 5.96 Å². The predicted molar refractivity (Wildman–Crippen MR) is 143 cm³/mol. The largest absolute Gasteiger partial charge is 0.379 e. The lowest BCUT2D eigenvalue weighted by atomic mass is 9.97. The van der Waals surface area contributed by atoms with Crippen LogP contribution in [0.3, 0.4) is 0 Å². The third-order valence-corrected chi connectivity index (χ3v) is 6.88. The molecule has 3 rings (SSSR count). The first kappa shape index (κ1) is 26.8. The van der Waals surface area contributed by atoms with Crippen molar-refractivity contribution in [1.82, 2.24) is 20.4 Å². The number of likely N-dealkylation sites (tertiary alicyclic amines) is 1. The molecule has 0 spiro atoms. The second kappa shape index (κ2) is 14.7. The van der Waals surface area contributed by atoms with Crippen LogP contribution in [0.2, 0.25) is 0 Å². The van der Waals surface area contributed by atoms with Gasteiger partial charge in [-0.1, -0.05) is 19.9 Å². The first-order valence-electron chi connectivity index (χ1n) is 11.8. The van der Waals surface area contributed by atoms with E-state index in [-0.39, 0.29) is 24.0 Å². The first-order valence-corrected chi connectivity index (χ1v) is 12.6. The number of nitrogens with zero attached hydrogens (tertiary/aromatic N) is 3. The van der Waals surface area contributed by atoms with Gasteiger partial charge in [-0.2, -0.15) is 0 Å². The summed E-state index contributed by atoms with van der Waals surface area (Å²) in [6, 6.07) is 4.72. The molecule has 2 unspecified atom stereocenters. The molecule has 0 bridgehead atoms. The van der Waals surface area contributed by atoms with Gasteiger partial charge in [0.05, 0.1) is 25.8 Å². The molecule has 3 heterocycles. The number of rotatable bonds is 9. The van der Waals surface area contributed by atoms with Gasteiger partial charge in [0.2, 0.25) is 0 Å². The van der Waals surface area contributed by atoms with Crippen molar-refractivity contribution in [2.45, 2.75) is 39.7 Å². The van der Waals surface area contributed by atoms with E-state index in [9.17, 15) is 0 Å². The highest BCUT2D eigenvalue weighted by Gasteiger charge is 2.24. The summed E-state index contributed by atoms with van der Waals surface area (Å²) in [6.45, 7) is 16.7. The van der Waals surface area contributed by atoms with E-state index in [1.165, 1.54) is 37.4 Å². The summed E-state index contributed by atoms with van der Waals surface area (Å²) in [5.74, 6) is 2.40. The Morgan fingerprint density at radius 3 is 2.74 bits per heavy atom. The Morgan fingerprint density at radius 1 is 1.26 bits per heavy atom. The lowest BCUT2D eigenvalue weighted by Gasteiger charge is -2.34. The zero-order chi connectivity index (χ0) is 21.2. The lowest BCUT2D eigenvalue weighted by molar-refractivity contribution is 0.0186. The van der Waals surface area contributed by atoms with E-state index in [1.807, 2.05) is 11.3 Å². The highest BCUT2D eigenvalue weighted by Crippen LogP contribution is 2.26. The molecule has 2 N–H and O–H groups in total. The fraction of sp³-hybridized carbons (Fsp3) is 0.783.